The van der Waals surface area contributed by atoms with Gasteiger partial charge in [0.25, 0.3) is 5.91 Å². The van der Waals surface area contributed by atoms with Gasteiger partial charge in [0.15, 0.2) is 0 Å². The largest absolute Gasteiger partial charge is 0.458 e. The summed E-state index contributed by atoms with van der Waals surface area (Å²) in [5, 5.41) is 8.06. The first kappa shape index (κ1) is 27.0. The molecule has 0 radical (unpaired) electrons. The second kappa shape index (κ2) is 11.7. The standard InChI is InChI=1S/C29H31N5O6/c1-3-20-7-9-22(10-8-20)30-28(37)33-16-24(40-27(36)21-5-4-6-21)17-34(33)29(38)31-23-11-12-25(19(2)15-23)32-13-14-39-18-26(32)35/h1,7-12,15,21,24H,4-6,13-14,16-18H2,2H3,(H,30,37)(H,31,38). The van der Waals surface area contributed by atoms with Crippen LogP contribution in [-0.2, 0) is 19.1 Å². The van der Waals surface area contributed by atoms with Gasteiger partial charge in [-0.3, -0.25) is 9.59 Å². The molecule has 5 rings (SSSR count). The molecule has 0 spiro atoms. The van der Waals surface area contributed by atoms with Crippen LogP contribution in [0.3, 0.4) is 0 Å². The molecule has 2 N–H and O–H groups in total. The Morgan fingerprint density at radius 2 is 1.65 bits per heavy atom. The summed E-state index contributed by atoms with van der Waals surface area (Å²) in [6.45, 7) is 2.84. The minimum absolute atomic E-state index is 0.0209. The first-order valence-electron chi connectivity index (χ1n) is 13.3. The summed E-state index contributed by atoms with van der Waals surface area (Å²) in [6.07, 6.45) is 7.32. The molecule has 40 heavy (non-hydrogen) atoms. The van der Waals surface area contributed by atoms with Crippen molar-refractivity contribution in [3.05, 3.63) is 53.6 Å². The smallest absolute Gasteiger partial charge is 0.340 e. The lowest BCUT2D eigenvalue weighted by molar-refractivity contribution is -0.155. The number of nitrogens with one attached hydrogen (secondary N) is 2. The molecule has 0 aromatic heterocycles. The number of hydrogen-bond donors (Lipinski definition) is 2. The van der Waals surface area contributed by atoms with Crippen molar-refractivity contribution in [3.8, 4) is 12.3 Å². The molecule has 2 heterocycles. The van der Waals surface area contributed by atoms with E-state index in [9.17, 15) is 19.2 Å². The van der Waals surface area contributed by atoms with Crippen molar-refractivity contribution in [3.63, 3.8) is 0 Å². The number of aryl methyl sites for hydroxylation is 1. The van der Waals surface area contributed by atoms with Crippen molar-refractivity contribution in [2.75, 3.05) is 48.4 Å². The molecule has 2 aromatic carbocycles. The molecule has 2 aliphatic heterocycles. The summed E-state index contributed by atoms with van der Waals surface area (Å²) in [5.74, 6) is 1.97. The third-order valence-corrected chi connectivity index (χ3v) is 7.26. The quantitative estimate of drug-likeness (QED) is 0.439. The number of terminal acetylenes is 1. The van der Waals surface area contributed by atoms with E-state index in [1.165, 1.54) is 10.0 Å². The Kier molecular flexibility index (Phi) is 7.89. The van der Waals surface area contributed by atoms with Crippen LogP contribution >= 0.6 is 0 Å². The van der Waals surface area contributed by atoms with Crippen LogP contribution in [0, 0.1) is 25.2 Å². The number of hydrazine groups is 1. The van der Waals surface area contributed by atoms with Gasteiger partial charge in [-0.05, 0) is 67.8 Å². The van der Waals surface area contributed by atoms with E-state index in [4.69, 9.17) is 15.9 Å². The summed E-state index contributed by atoms with van der Waals surface area (Å²) >= 11 is 0. The SMILES string of the molecule is C#Cc1ccc(NC(=O)N2CC(OC(=O)C3CCC3)CN2C(=O)Nc2ccc(N3CCOCC3=O)c(C)c2)cc1. The van der Waals surface area contributed by atoms with E-state index in [2.05, 4.69) is 16.6 Å². The molecule has 208 valence electrons. The second-order valence-corrected chi connectivity index (χ2v) is 10.0. The summed E-state index contributed by atoms with van der Waals surface area (Å²) in [4.78, 5) is 53.0. The molecule has 2 aromatic rings. The number of carbonyl (C=O) groups is 4. The van der Waals surface area contributed by atoms with E-state index < -0.39 is 18.2 Å². The van der Waals surface area contributed by atoms with Crippen LogP contribution in [0.25, 0.3) is 0 Å². The Morgan fingerprint density at radius 3 is 2.23 bits per heavy atom. The van der Waals surface area contributed by atoms with Gasteiger partial charge in [0.05, 0.1) is 25.6 Å². The summed E-state index contributed by atoms with van der Waals surface area (Å²) in [6, 6.07) is 10.9. The van der Waals surface area contributed by atoms with Crippen molar-refractivity contribution < 1.29 is 28.7 Å². The molecular weight excluding hydrogens is 514 g/mol. The number of hydrogen-bond acceptors (Lipinski definition) is 6. The number of anilines is 3. The highest BCUT2D eigenvalue weighted by Crippen LogP contribution is 2.29. The van der Waals surface area contributed by atoms with Gasteiger partial charge in [-0.15, -0.1) is 6.42 Å². The van der Waals surface area contributed by atoms with E-state index in [0.29, 0.717) is 30.1 Å². The Labute approximate surface area is 232 Å². The predicted molar refractivity (Wildman–Crippen MR) is 147 cm³/mol. The average Bonchev–Trinajstić information content (AvgIpc) is 3.33. The van der Waals surface area contributed by atoms with Gasteiger partial charge in [-0.2, -0.15) is 0 Å². The zero-order chi connectivity index (χ0) is 28.2. The highest BCUT2D eigenvalue weighted by Gasteiger charge is 2.40. The first-order valence-corrected chi connectivity index (χ1v) is 13.3. The maximum absolute atomic E-state index is 13.4. The summed E-state index contributed by atoms with van der Waals surface area (Å²) < 4.78 is 10.9. The molecule has 2 saturated heterocycles. The normalized spacial score (nSPS) is 19.1. The van der Waals surface area contributed by atoms with Crippen LogP contribution in [0.5, 0.6) is 0 Å². The van der Waals surface area contributed by atoms with Crippen molar-refractivity contribution >= 4 is 41.0 Å². The van der Waals surface area contributed by atoms with Crippen molar-refractivity contribution in [1.82, 2.24) is 10.0 Å². The Balaban J connectivity index is 1.30. The molecular formula is C29H31N5O6. The summed E-state index contributed by atoms with van der Waals surface area (Å²) in [5.41, 5.74) is 3.21. The lowest BCUT2D eigenvalue weighted by Crippen LogP contribution is -2.48. The minimum atomic E-state index is -0.662. The topological polar surface area (TPSA) is 121 Å². The highest BCUT2D eigenvalue weighted by molar-refractivity contribution is 5.97. The highest BCUT2D eigenvalue weighted by atomic mass is 16.5. The third-order valence-electron chi connectivity index (χ3n) is 7.26. The van der Waals surface area contributed by atoms with Crippen LogP contribution in [-0.4, -0.2) is 72.9 Å². The van der Waals surface area contributed by atoms with Gasteiger partial charge in [-0.1, -0.05) is 12.3 Å². The molecule has 1 saturated carbocycles. The maximum Gasteiger partial charge on any atom is 0.340 e. The molecule has 11 nitrogen and oxygen atoms in total. The Hall–Kier alpha value is -4.56. The van der Waals surface area contributed by atoms with Gasteiger partial charge in [0.2, 0.25) is 0 Å². The van der Waals surface area contributed by atoms with Crippen LogP contribution in [0.1, 0.15) is 30.4 Å². The number of urea groups is 2. The fraction of sp³-hybridized carbons (Fsp3) is 0.379. The molecule has 3 aliphatic rings. The number of amides is 5. The van der Waals surface area contributed by atoms with Crippen LogP contribution in [0.4, 0.5) is 26.7 Å². The van der Waals surface area contributed by atoms with E-state index >= 15 is 0 Å². The number of ether oxygens (including phenoxy) is 2. The van der Waals surface area contributed by atoms with Crippen LogP contribution in [0.15, 0.2) is 42.5 Å². The Morgan fingerprint density at radius 1 is 1.00 bits per heavy atom. The van der Waals surface area contributed by atoms with Crippen molar-refractivity contribution in [2.45, 2.75) is 32.3 Å². The zero-order valence-electron chi connectivity index (χ0n) is 22.2. The van der Waals surface area contributed by atoms with Crippen molar-refractivity contribution in [1.29, 1.82) is 0 Å². The number of benzene rings is 2. The fourth-order valence-electron chi connectivity index (χ4n) is 4.84. The van der Waals surface area contributed by atoms with Crippen LogP contribution in [0.2, 0.25) is 0 Å². The molecule has 11 heteroatoms. The average molecular weight is 546 g/mol. The molecule has 1 unspecified atom stereocenters. The minimum Gasteiger partial charge on any atom is -0.458 e. The monoisotopic (exact) mass is 545 g/mol. The third kappa shape index (κ3) is 5.87. The number of morpholine rings is 1. The van der Waals surface area contributed by atoms with Crippen molar-refractivity contribution in [2.24, 2.45) is 5.92 Å². The van der Waals surface area contributed by atoms with E-state index in [-0.39, 0.29) is 37.5 Å². The van der Waals surface area contributed by atoms with Gasteiger partial charge >= 0.3 is 18.0 Å². The van der Waals surface area contributed by atoms with E-state index in [1.54, 1.807) is 47.4 Å². The molecule has 1 atom stereocenters. The predicted octanol–water partition coefficient (Wildman–Crippen LogP) is 3.35. The zero-order valence-corrected chi connectivity index (χ0v) is 22.2. The molecule has 3 fully saturated rings. The van der Waals surface area contributed by atoms with E-state index in [1.807, 2.05) is 6.92 Å². The van der Waals surface area contributed by atoms with Gasteiger partial charge < -0.3 is 25.0 Å². The Bertz CT molecular complexity index is 1350. The van der Waals surface area contributed by atoms with Gasteiger partial charge in [0, 0.05) is 29.2 Å². The molecule has 0 bridgehead atoms. The maximum atomic E-state index is 13.4. The lowest BCUT2D eigenvalue weighted by Gasteiger charge is -2.29. The fourth-order valence-corrected chi connectivity index (χ4v) is 4.84. The number of rotatable bonds is 5. The number of carbonyl (C=O) groups excluding carboxylic acids is 4. The molecule has 5 amide bonds. The van der Waals surface area contributed by atoms with Gasteiger partial charge in [-0.25, -0.2) is 19.6 Å². The lowest BCUT2D eigenvalue weighted by atomic mass is 9.86. The number of esters is 1. The first-order chi connectivity index (χ1) is 19.3. The molecule has 1 aliphatic carbocycles. The van der Waals surface area contributed by atoms with Crippen LogP contribution < -0.4 is 15.5 Å². The summed E-state index contributed by atoms with van der Waals surface area (Å²) in [7, 11) is 0. The second-order valence-electron chi connectivity index (χ2n) is 10.0. The van der Waals surface area contributed by atoms with E-state index in [0.717, 1.165) is 30.5 Å². The van der Waals surface area contributed by atoms with Gasteiger partial charge in [0.1, 0.15) is 12.7 Å². The number of nitrogens with zero attached hydrogens (tertiary/aromatic N) is 3.